The maximum Gasteiger partial charge on any atom is 0.210 e. The number of amides is 1. The van der Waals surface area contributed by atoms with Gasteiger partial charge in [-0.3, -0.25) is 9.78 Å². The van der Waals surface area contributed by atoms with Gasteiger partial charge in [0.2, 0.25) is 6.41 Å². The fraction of sp³-hybridized carbons (Fsp3) is 0.294. The minimum absolute atomic E-state index is 0.0320. The highest BCUT2D eigenvalue weighted by atomic mass is 16.1. The fourth-order valence-electron chi connectivity index (χ4n) is 3.11. The number of carbonyl (C=O) groups is 1. The Hall–Kier alpha value is -2.16. The first-order chi connectivity index (χ1) is 9.63. The normalized spacial score (nSPS) is 20.3. The van der Waals surface area contributed by atoms with E-state index in [4.69, 9.17) is 0 Å². The molecule has 2 heterocycles. The van der Waals surface area contributed by atoms with Crippen LogP contribution in [-0.4, -0.2) is 21.8 Å². The third-order valence-corrected chi connectivity index (χ3v) is 4.09. The van der Waals surface area contributed by atoms with Gasteiger partial charge in [0.25, 0.3) is 0 Å². The highest BCUT2D eigenvalue weighted by molar-refractivity contribution is 5.56. The topological polar surface area (TPSA) is 33.2 Å². The molecule has 3 nitrogen and oxygen atoms in total. The van der Waals surface area contributed by atoms with E-state index in [1.807, 2.05) is 23.1 Å². The van der Waals surface area contributed by atoms with E-state index in [0.717, 1.165) is 18.4 Å². The van der Waals surface area contributed by atoms with E-state index < -0.39 is 0 Å². The Morgan fingerprint density at radius 2 is 1.90 bits per heavy atom. The Morgan fingerprint density at radius 3 is 2.60 bits per heavy atom. The number of nitrogens with zero attached hydrogens (tertiary/aromatic N) is 2. The van der Waals surface area contributed by atoms with Crippen LogP contribution in [-0.2, 0) is 11.2 Å². The van der Waals surface area contributed by atoms with Gasteiger partial charge >= 0.3 is 0 Å². The summed E-state index contributed by atoms with van der Waals surface area (Å²) in [5.41, 5.74) is 3.44. The summed E-state index contributed by atoms with van der Waals surface area (Å²) in [6.07, 6.45) is 5.41. The zero-order valence-corrected chi connectivity index (χ0v) is 11.8. The van der Waals surface area contributed by atoms with Crippen LogP contribution < -0.4 is 0 Å². The van der Waals surface area contributed by atoms with E-state index in [0.29, 0.717) is 0 Å². The van der Waals surface area contributed by atoms with Crippen LogP contribution in [0.2, 0.25) is 0 Å². The molecule has 1 aliphatic rings. The molecular formula is C17H18N2O. The van der Waals surface area contributed by atoms with Gasteiger partial charge in [0.05, 0.1) is 6.04 Å². The average Bonchev–Trinajstić information content (AvgIpc) is 2.45. The van der Waals surface area contributed by atoms with Crippen molar-refractivity contribution >= 4 is 6.41 Å². The molecule has 1 unspecified atom stereocenters. The van der Waals surface area contributed by atoms with Crippen molar-refractivity contribution in [1.82, 2.24) is 9.88 Å². The van der Waals surface area contributed by atoms with Crippen LogP contribution in [0.15, 0.2) is 48.8 Å². The van der Waals surface area contributed by atoms with E-state index in [-0.39, 0.29) is 11.6 Å². The second kappa shape index (κ2) is 4.75. The van der Waals surface area contributed by atoms with Crippen LogP contribution in [0.5, 0.6) is 0 Å². The van der Waals surface area contributed by atoms with Gasteiger partial charge in [-0.05, 0) is 49.1 Å². The largest absolute Gasteiger partial charge is 0.329 e. The quantitative estimate of drug-likeness (QED) is 0.783. The van der Waals surface area contributed by atoms with E-state index in [9.17, 15) is 4.79 Å². The molecule has 0 aliphatic carbocycles. The summed E-state index contributed by atoms with van der Waals surface area (Å²) >= 11 is 0. The van der Waals surface area contributed by atoms with Crippen LogP contribution >= 0.6 is 0 Å². The number of benzene rings is 1. The van der Waals surface area contributed by atoms with Crippen LogP contribution in [0.4, 0.5) is 0 Å². The summed E-state index contributed by atoms with van der Waals surface area (Å²) < 4.78 is 0. The van der Waals surface area contributed by atoms with Crippen LogP contribution in [0.3, 0.4) is 0 Å². The van der Waals surface area contributed by atoms with Crippen LogP contribution in [0.1, 0.15) is 36.6 Å². The molecule has 0 radical (unpaired) electrons. The maximum atomic E-state index is 11.7. The highest BCUT2D eigenvalue weighted by Gasteiger charge is 2.39. The molecule has 1 aliphatic heterocycles. The van der Waals surface area contributed by atoms with Crippen molar-refractivity contribution in [2.45, 2.75) is 31.8 Å². The summed E-state index contributed by atoms with van der Waals surface area (Å²) in [7, 11) is 0. The van der Waals surface area contributed by atoms with Gasteiger partial charge in [0, 0.05) is 17.9 Å². The fourth-order valence-corrected chi connectivity index (χ4v) is 3.11. The molecule has 3 rings (SSSR count). The summed E-state index contributed by atoms with van der Waals surface area (Å²) in [5.74, 6) is 0. The van der Waals surface area contributed by atoms with Gasteiger partial charge in [0.1, 0.15) is 0 Å². The van der Waals surface area contributed by atoms with E-state index in [1.54, 1.807) is 12.4 Å². The van der Waals surface area contributed by atoms with Crippen molar-refractivity contribution in [1.29, 1.82) is 0 Å². The molecule has 0 spiro atoms. The van der Waals surface area contributed by atoms with Crippen molar-refractivity contribution in [3.63, 3.8) is 0 Å². The van der Waals surface area contributed by atoms with Crippen molar-refractivity contribution in [3.05, 3.63) is 65.5 Å². The molecule has 0 saturated heterocycles. The van der Waals surface area contributed by atoms with E-state index in [1.165, 1.54) is 11.1 Å². The van der Waals surface area contributed by atoms with Crippen molar-refractivity contribution in [3.8, 4) is 0 Å². The predicted molar refractivity (Wildman–Crippen MR) is 78.2 cm³/mol. The molecule has 20 heavy (non-hydrogen) atoms. The summed E-state index contributed by atoms with van der Waals surface area (Å²) in [6, 6.07) is 12.3. The van der Waals surface area contributed by atoms with Gasteiger partial charge in [0.15, 0.2) is 0 Å². The summed E-state index contributed by atoms with van der Waals surface area (Å²) in [5, 5.41) is 0. The van der Waals surface area contributed by atoms with Gasteiger partial charge in [-0.15, -0.1) is 0 Å². The molecular weight excluding hydrogens is 248 g/mol. The Labute approximate surface area is 119 Å². The molecule has 1 aromatic carbocycles. The predicted octanol–water partition coefficient (Wildman–Crippen LogP) is 2.96. The first-order valence-corrected chi connectivity index (χ1v) is 6.85. The molecule has 0 fully saturated rings. The van der Waals surface area contributed by atoms with Crippen molar-refractivity contribution in [2.24, 2.45) is 0 Å². The Bertz CT molecular complexity index is 622. The van der Waals surface area contributed by atoms with Crippen LogP contribution in [0, 0.1) is 0 Å². The number of aromatic nitrogens is 1. The molecule has 1 amide bonds. The first-order valence-electron chi connectivity index (χ1n) is 6.85. The molecule has 2 aromatic rings. The van der Waals surface area contributed by atoms with Gasteiger partial charge < -0.3 is 4.90 Å². The lowest BCUT2D eigenvalue weighted by Crippen LogP contribution is -2.50. The van der Waals surface area contributed by atoms with Crippen molar-refractivity contribution in [2.75, 3.05) is 0 Å². The summed E-state index contributed by atoms with van der Waals surface area (Å²) in [4.78, 5) is 17.7. The van der Waals surface area contributed by atoms with Gasteiger partial charge in [-0.2, -0.15) is 0 Å². The second-order valence-electron chi connectivity index (χ2n) is 5.88. The van der Waals surface area contributed by atoms with Gasteiger partial charge in [-0.1, -0.05) is 24.3 Å². The smallest absolute Gasteiger partial charge is 0.210 e. The Kier molecular flexibility index (Phi) is 3.05. The number of hydrogen-bond acceptors (Lipinski definition) is 2. The molecule has 0 saturated carbocycles. The van der Waals surface area contributed by atoms with E-state index >= 15 is 0 Å². The highest BCUT2D eigenvalue weighted by Crippen LogP contribution is 2.40. The SMILES string of the molecule is CC1(C)Cc2ccccc2C(c2ccncc2)N1C=O. The number of rotatable bonds is 2. The first kappa shape index (κ1) is 12.9. The minimum Gasteiger partial charge on any atom is -0.329 e. The Morgan fingerprint density at radius 1 is 1.20 bits per heavy atom. The molecule has 3 heteroatoms. The Balaban J connectivity index is 2.20. The maximum absolute atomic E-state index is 11.7. The number of fused-ring (bicyclic) bond motifs is 1. The molecule has 0 bridgehead atoms. The van der Waals surface area contributed by atoms with Gasteiger partial charge in [-0.25, -0.2) is 0 Å². The standard InChI is InChI=1S/C17H18N2O/c1-17(2)11-14-5-3-4-6-15(14)16(19(17)12-20)13-7-9-18-10-8-13/h3-10,12,16H,11H2,1-2H3. The number of pyridine rings is 1. The number of carbonyl (C=O) groups excluding carboxylic acids is 1. The molecule has 0 N–H and O–H groups in total. The molecule has 1 atom stereocenters. The summed E-state index contributed by atoms with van der Waals surface area (Å²) in [6.45, 7) is 4.23. The zero-order chi connectivity index (χ0) is 14.2. The lowest BCUT2D eigenvalue weighted by Gasteiger charge is -2.46. The lowest BCUT2D eigenvalue weighted by atomic mass is 9.80. The minimum atomic E-state index is -0.190. The molecule has 1 aromatic heterocycles. The monoisotopic (exact) mass is 266 g/mol. The third-order valence-electron chi connectivity index (χ3n) is 4.09. The van der Waals surface area contributed by atoms with Crippen LogP contribution in [0.25, 0.3) is 0 Å². The molecule has 102 valence electrons. The second-order valence-corrected chi connectivity index (χ2v) is 5.88. The van der Waals surface area contributed by atoms with E-state index in [2.05, 4.69) is 37.0 Å². The zero-order valence-electron chi connectivity index (χ0n) is 11.8. The third kappa shape index (κ3) is 1.99. The average molecular weight is 266 g/mol. The van der Waals surface area contributed by atoms with Crippen molar-refractivity contribution < 1.29 is 4.79 Å². The lowest BCUT2D eigenvalue weighted by molar-refractivity contribution is -0.125. The number of hydrogen-bond donors (Lipinski definition) is 0.